The fourth-order valence-electron chi connectivity index (χ4n) is 2.21. The zero-order valence-corrected chi connectivity index (χ0v) is 18.7. The molecule has 0 aliphatic rings. The van der Waals surface area contributed by atoms with Gasteiger partial charge in [0.05, 0.1) is 18.4 Å². The van der Waals surface area contributed by atoms with Crippen molar-refractivity contribution >= 4 is 81.3 Å². The van der Waals surface area contributed by atoms with Crippen LogP contribution in [0.4, 0.5) is 5.69 Å². The number of ether oxygens (including phenoxy) is 1. The number of para-hydroxylation sites is 1. The molecule has 0 aromatic heterocycles. The molecule has 0 saturated carbocycles. The van der Waals surface area contributed by atoms with Gasteiger partial charge in [-0.3, -0.25) is 4.79 Å². The summed E-state index contributed by atoms with van der Waals surface area (Å²) in [5.74, 6) is -1.09. The third-order valence-corrected chi connectivity index (χ3v) is 4.66. The summed E-state index contributed by atoms with van der Waals surface area (Å²) in [7, 11) is 1.26. The van der Waals surface area contributed by atoms with Gasteiger partial charge in [-0.2, -0.15) is 0 Å². The van der Waals surface area contributed by atoms with E-state index in [1.54, 1.807) is 42.5 Å². The quantitative estimate of drug-likeness (QED) is 0.245. The molecule has 29 heavy (non-hydrogen) atoms. The Labute approximate surface area is 192 Å². The van der Waals surface area contributed by atoms with Crippen LogP contribution in [-0.4, -0.2) is 34.1 Å². The first kappa shape index (κ1) is 23.5. The number of amides is 1. The fraction of sp³-hybridized carbons (Fsp3) is 0.167. The van der Waals surface area contributed by atoms with Gasteiger partial charge in [-0.25, -0.2) is 4.79 Å². The number of carbonyl (C=O) groups excluding carboxylic acids is 2. The minimum absolute atomic E-state index is 0.00377. The predicted octanol–water partition coefficient (Wildman–Crippen LogP) is 4.54. The minimum Gasteiger partial charge on any atom is -0.465 e. The highest BCUT2D eigenvalue weighted by Gasteiger charge is 2.35. The molecule has 0 saturated heterocycles. The van der Waals surface area contributed by atoms with Gasteiger partial charge in [0.25, 0.3) is 5.91 Å². The van der Waals surface area contributed by atoms with E-state index in [2.05, 4.69) is 16.0 Å². The number of anilines is 1. The lowest BCUT2D eigenvalue weighted by molar-refractivity contribution is 0.0601. The van der Waals surface area contributed by atoms with E-state index in [9.17, 15) is 9.59 Å². The first-order valence-corrected chi connectivity index (χ1v) is 9.92. The van der Waals surface area contributed by atoms with Crippen molar-refractivity contribution in [3.63, 3.8) is 0 Å². The molecule has 2 aromatic carbocycles. The van der Waals surface area contributed by atoms with E-state index in [-0.39, 0.29) is 16.2 Å². The third kappa shape index (κ3) is 6.90. The van der Waals surface area contributed by atoms with Crippen molar-refractivity contribution in [3.05, 3.63) is 64.7 Å². The van der Waals surface area contributed by atoms with Gasteiger partial charge in [0, 0.05) is 10.6 Å². The van der Waals surface area contributed by atoms with E-state index >= 15 is 0 Å². The number of rotatable bonds is 5. The van der Waals surface area contributed by atoms with Crippen molar-refractivity contribution < 1.29 is 14.3 Å². The molecule has 0 spiro atoms. The van der Waals surface area contributed by atoms with Crippen molar-refractivity contribution in [2.45, 2.75) is 9.96 Å². The Morgan fingerprint density at radius 2 is 1.76 bits per heavy atom. The molecule has 3 N–H and O–H groups in total. The lowest BCUT2D eigenvalue weighted by atomic mass is 10.2. The molecule has 1 unspecified atom stereocenters. The number of hydrogen-bond acceptors (Lipinski definition) is 4. The Kier molecular flexibility index (Phi) is 8.36. The van der Waals surface area contributed by atoms with Crippen LogP contribution in [0.1, 0.15) is 20.7 Å². The molecule has 1 amide bonds. The smallest absolute Gasteiger partial charge is 0.339 e. The van der Waals surface area contributed by atoms with E-state index in [4.69, 9.17) is 63.4 Å². The molecule has 1 atom stereocenters. The highest BCUT2D eigenvalue weighted by molar-refractivity contribution is 7.80. The maximum Gasteiger partial charge on any atom is 0.339 e. The molecule has 2 rings (SSSR count). The summed E-state index contributed by atoms with van der Waals surface area (Å²) < 4.78 is 2.79. The van der Waals surface area contributed by atoms with Crippen molar-refractivity contribution in [1.29, 1.82) is 0 Å². The molecule has 0 fully saturated rings. The van der Waals surface area contributed by atoms with Crippen molar-refractivity contribution in [2.24, 2.45) is 0 Å². The van der Waals surface area contributed by atoms with Crippen LogP contribution >= 0.6 is 58.6 Å². The van der Waals surface area contributed by atoms with E-state index in [1.165, 1.54) is 13.2 Å². The van der Waals surface area contributed by atoms with E-state index in [0.717, 1.165) is 0 Å². The molecule has 0 heterocycles. The normalized spacial score (nSPS) is 11.9. The van der Waals surface area contributed by atoms with Gasteiger partial charge in [0.2, 0.25) is 3.79 Å². The Morgan fingerprint density at radius 1 is 1.07 bits per heavy atom. The predicted molar refractivity (Wildman–Crippen MR) is 120 cm³/mol. The van der Waals surface area contributed by atoms with Crippen molar-refractivity contribution in [2.75, 3.05) is 12.4 Å². The number of halogens is 4. The number of thiocarbonyl (C=S) groups is 1. The van der Waals surface area contributed by atoms with Crippen molar-refractivity contribution in [3.8, 4) is 0 Å². The highest BCUT2D eigenvalue weighted by Crippen LogP contribution is 2.29. The monoisotopic (exact) mass is 493 g/mol. The standard InChI is InChI=1S/C18H15Cl4N3O3S/c1-28-15(27)12-7-2-3-8-13(12)23-17(29)25-16(18(20,21)22)24-14(26)10-5-4-6-11(19)9-10/h2-9,16H,1H3,(H,24,26)(H2,23,25,29). The number of nitrogens with one attached hydrogen (secondary N) is 3. The average molecular weight is 495 g/mol. The molecule has 2 aromatic rings. The van der Waals surface area contributed by atoms with Gasteiger partial charge in [-0.15, -0.1) is 0 Å². The summed E-state index contributed by atoms with van der Waals surface area (Å²) in [5.41, 5.74) is 0.905. The Balaban J connectivity index is 2.14. The van der Waals surface area contributed by atoms with Crippen molar-refractivity contribution in [1.82, 2.24) is 10.6 Å². The van der Waals surface area contributed by atoms with Gasteiger partial charge in [0.15, 0.2) is 5.11 Å². The van der Waals surface area contributed by atoms with Crippen LogP contribution in [0.2, 0.25) is 5.02 Å². The fourth-order valence-corrected chi connectivity index (χ4v) is 2.96. The van der Waals surface area contributed by atoms with Crippen LogP contribution in [0.5, 0.6) is 0 Å². The molecular weight excluding hydrogens is 480 g/mol. The number of alkyl halides is 3. The number of benzene rings is 2. The van der Waals surface area contributed by atoms with E-state index in [0.29, 0.717) is 10.7 Å². The average Bonchev–Trinajstić information content (AvgIpc) is 2.66. The van der Waals surface area contributed by atoms with Crippen LogP contribution in [0.3, 0.4) is 0 Å². The maximum absolute atomic E-state index is 12.5. The van der Waals surface area contributed by atoms with Crippen LogP contribution in [-0.2, 0) is 4.74 Å². The number of hydrogen-bond donors (Lipinski definition) is 3. The third-order valence-electron chi connectivity index (χ3n) is 3.55. The van der Waals surface area contributed by atoms with E-state index < -0.39 is 21.8 Å². The van der Waals surface area contributed by atoms with Crippen LogP contribution in [0, 0.1) is 0 Å². The molecule has 0 aliphatic heterocycles. The number of carbonyl (C=O) groups is 2. The number of esters is 1. The largest absolute Gasteiger partial charge is 0.465 e. The van der Waals surface area contributed by atoms with Gasteiger partial charge < -0.3 is 20.7 Å². The first-order valence-electron chi connectivity index (χ1n) is 8.00. The SMILES string of the molecule is COC(=O)c1ccccc1NC(=S)NC(NC(=O)c1cccc(Cl)c1)C(Cl)(Cl)Cl. The summed E-state index contributed by atoms with van der Waals surface area (Å²) in [5, 5.41) is 8.46. The second-order valence-electron chi connectivity index (χ2n) is 5.59. The van der Waals surface area contributed by atoms with Crippen LogP contribution < -0.4 is 16.0 Å². The Bertz CT molecular complexity index is 921. The van der Waals surface area contributed by atoms with Gasteiger partial charge in [-0.05, 0) is 42.5 Å². The second-order valence-corrected chi connectivity index (χ2v) is 8.81. The lowest BCUT2D eigenvalue weighted by Crippen LogP contribution is -2.56. The summed E-state index contributed by atoms with van der Waals surface area (Å²) in [4.78, 5) is 24.3. The summed E-state index contributed by atoms with van der Waals surface area (Å²) in [6.45, 7) is 0. The molecule has 11 heteroatoms. The minimum atomic E-state index is -1.94. The second kappa shape index (κ2) is 10.3. The van der Waals surface area contributed by atoms with Gasteiger partial charge in [0.1, 0.15) is 6.17 Å². The summed E-state index contributed by atoms with van der Waals surface area (Å²) >= 11 is 29.1. The molecule has 6 nitrogen and oxygen atoms in total. The Hall–Kier alpha value is -1.77. The maximum atomic E-state index is 12.5. The van der Waals surface area contributed by atoms with Gasteiger partial charge >= 0.3 is 5.97 Å². The number of methoxy groups -OCH3 is 1. The Morgan fingerprint density at radius 3 is 2.38 bits per heavy atom. The van der Waals surface area contributed by atoms with Gasteiger partial charge in [-0.1, -0.05) is 64.6 Å². The summed E-state index contributed by atoms with van der Waals surface area (Å²) in [6, 6.07) is 12.8. The topological polar surface area (TPSA) is 79.5 Å². The highest BCUT2D eigenvalue weighted by atomic mass is 35.6. The first-order chi connectivity index (χ1) is 13.6. The van der Waals surface area contributed by atoms with Crippen LogP contribution in [0.25, 0.3) is 0 Å². The van der Waals surface area contributed by atoms with Crippen LogP contribution in [0.15, 0.2) is 48.5 Å². The van der Waals surface area contributed by atoms with E-state index in [1.807, 2.05) is 0 Å². The lowest BCUT2D eigenvalue weighted by Gasteiger charge is -2.28. The molecule has 0 bridgehead atoms. The molecular formula is C18H15Cl4N3O3S. The summed E-state index contributed by atoms with van der Waals surface area (Å²) in [6.07, 6.45) is -1.19. The zero-order chi connectivity index (χ0) is 21.6. The molecule has 0 radical (unpaired) electrons. The molecule has 0 aliphatic carbocycles. The zero-order valence-electron chi connectivity index (χ0n) is 14.8. The molecule has 154 valence electrons.